The number of hydrogen-bond donors (Lipinski definition) is 1. The minimum absolute atomic E-state index is 0.132. The lowest BCUT2D eigenvalue weighted by molar-refractivity contribution is -0.133. The molecule has 0 aliphatic carbocycles. The van der Waals surface area contributed by atoms with E-state index in [1.54, 1.807) is 25.3 Å². The van der Waals surface area contributed by atoms with Crippen LogP contribution >= 0.6 is 11.6 Å². The Hall–Kier alpha value is -1.13. The average molecular weight is 241 g/mol. The second kappa shape index (κ2) is 4.39. The van der Waals surface area contributed by atoms with Crippen molar-refractivity contribution in [2.45, 2.75) is 25.4 Å². The van der Waals surface area contributed by atoms with Crippen LogP contribution in [0.25, 0.3) is 0 Å². The molecular weight excluding hydrogens is 228 g/mol. The second-order valence-corrected chi connectivity index (χ2v) is 4.39. The Morgan fingerprint density at radius 1 is 1.69 bits per heavy atom. The molecular formula is C11H13ClN2O2. The molecule has 0 saturated carbocycles. The normalized spacial score (nSPS) is 24.4. The van der Waals surface area contributed by atoms with Gasteiger partial charge in [-0.25, -0.2) is 4.98 Å². The maximum absolute atomic E-state index is 11.9. The number of amides is 1. The van der Waals surface area contributed by atoms with Gasteiger partial charge in [-0.15, -0.1) is 0 Å². The van der Waals surface area contributed by atoms with E-state index in [9.17, 15) is 4.79 Å². The SMILES string of the molecule is CC1(C(=O)Nc2ccnc(Cl)c2)CCCO1. The monoisotopic (exact) mass is 240 g/mol. The van der Waals surface area contributed by atoms with Crippen LogP contribution in [0.3, 0.4) is 0 Å². The van der Waals surface area contributed by atoms with Gasteiger partial charge in [0.1, 0.15) is 10.8 Å². The van der Waals surface area contributed by atoms with Crippen molar-refractivity contribution in [2.24, 2.45) is 0 Å². The number of halogens is 1. The summed E-state index contributed by atoms with van der Waals surface area (Å²) in [6.45, 7) is 2.44. The molecule has 1 amide bonds. The summed E-state index contributed by atoms with van der Waals surface area (Å²) in [4.78, 5) is 15.8. The van der Waals surface area contributed by atoms with Crippen LogP contribution in [0.1, 0.15) is 19.8 Å². The molecule has 86 valence electrons. The highest BCUT2D eigenvalue weighted by Crippen LogP contribution is 2.26. The summed E-state index contributed by atoms with van der Waals surface area (Å²) in [6, 6.07) is 3.31. The van der Waals surface area contributed by atoms with Crippen LogP contribution in [0.2, 0.25) is 5.15 Å². The summed E-state index contributed by atoms with van der Waals surface area (Å²) in [6.07, 6.45) is 3.22. The highest BCUT2D eigenvalue weighted by molar-refractivity contribution is 6.29. The molecule has 1 unspecified atom stereocenters. The fourth-order valence-electron chi connectivity index (χ4n) is 1.70. The molecule has 1 fully saturated rings. The first kappa shape index (κ1) is 11.4. The lowest BCUT2D eigenvalue weighted by Gasteiger charge is -2.21. The zero-order valence-electron chi connectivity index (χ0n) is 9.00. The Balaban J connectivity index is 2.07. The molecule has 0 radical (unpaired) electrons. The van der Waals surface area contributed by atoms with E-state index in [0.717, 1.165) is 12.8 Å². The predicted octanol–water partition coefficient (Wildman–Crippen LogP) is 2.24. The second-order valence-electron chi connectivity index (χ2n) is 4.00. The van der Waals surface area contributed by atoms with Crippen molar-refractivity contribution < 1.29 is 9.53 Å². The predicted molar refractivity (Wildman–Crippen MR) is 61.5 cm³/mol. The van der Waals surface area contributed by atoms with Gasteiger partial charge >= 0.3 is 0 Å². The van der Waals surface area contributed by atoms with Gasteiger partial charge in [-0.1, -0.05) is 11.6 Å². The lowest BCUT2D eigenvalue weighted by Crippen LogP contribution is -2.39. The molecule has 1 aliphatic heterocycles. The summed E-state index contributed by atoms with van der Waals surface area (Å²) in [5, 5.41) is 3.13. The number of ether oxygens (including phenoxy) is 1. The highest BCUT2D eigenvalue weighted by Gasteiger charge is 2.37. The minimum Gasteiger partial charge on any atom is -0.365 e. The van der Waals surface area contributed by atoms with E-state index < -0.39 is 5.60 Å². The Labute approximate surface area is 99.0 Å². The molecule has 2 heterocycles. The van der Waals surface area contributed by atoms with Crippen LogP contribution in [0.4, 0.5) is 5.69 Å². The number of carbonyl (C=O) groups excluding carboxylic acids is 1. The zero-order valence-corrected chi connectivity index (χ0v) is 9.75. The molecule has 1 saturated heterocycles. The molecule has 1 aliphatic rings. The van der Waals surface area contributed by atoms with Gasteiger partial charge in [0.25, 0.3) is 5.91 Å². The van der Waals surface area contributed by atoms with Crippen molar-refractivity contribution >= 4 is 23.2 Å². The summed E-state index contributed by atoms with van der Waals surface area (Å²) in [7, 11) is 0. The van der Waals surface area contributed by atoms with Crippen molar-refractivity contribution in [1.29, 1.82) is 0 Å². The highest BCUT2D eigenvalue weighted by atomic mass is 35.5. The average Bonchev–Trinajstić information content (AvgIpc) is 2.66. The maximum atomic E-state index is 11.9. The number of pyridine rings is 1. The molecule has 1 N–H and O–H groups in total. The molecule has 0 aromatic carbocycles. The van der Waals surface area contributed by atoms with Crippen molar-refractivity contribution in [2.75, 3.05) is 11.9 Å². The largest absolute Gasteiger partial charge is 0.365 e. The Morgan fingerprint density at radius 3 is 3.12 bits per heavy atom. The van der Waals surface area contributed by atoms with Crippen LogP contribution in [0, 0.1) is 0 Å². The van der Waals surface area contributed by atoms with Gasteiger partial charge in [-0.2, -0.15) is 0 Å². The summed E-state index contributed by atoms with van der Waals surface area (Å²) >= 11 is 5.73. The molecule has 5 heteroatoms. The summed E-state index contributed by atoms with van der Waals surface area (Å²) in [5.41, 5.74) is -0.0721. The van der Waals surface area contributed by atoms with Gasteiger partial charge in [-0.3, -0.25) is 4.79 Å². The van der Waals surface area contributed by atoms with Crippen LogP contribution in [-0.4, -0.2) is 23.1 Å². The number of nitrogens with zero attached hydrogens (tertiary/aromatic N) is 1. The van der Waals surface area contributed by atoms with E-state index in [0.29, 0.717) is 17.4 Å². The van der Waals surface area contributed by atoms with Crippen LogP contribution in [-0.2, 0) is 9.53 Å². The number of anilines is 1. The lowest BCUT2D eigenvalue weighted by atomic mass is 10.0. The van der Waals surface area contributed by atoms with Gasteiger partial charge in [0.05, 0.1) is 0 Å². The zero-order chi connectivity index (χ0) is 11.6. The topological polar surface area (TPSA) is 51.2 Å². The molecule has 0 bridgehead atoms. The van der Waals surface area contributed by atoms with E-state index in [4.69, 9.17) is 16.3 Å². The number of aromatic nitrogens is 1. The molecule has 0 spiro atoms. The van der Waals surface area contributed by atoms with E-state index in [1.165, 1.54) is 0 Å². The Bertz CT molecular complexity index is 403. The van der Waals surface area contributed by atoms with Gasteiger partial charge in [0.15, 0.2) is 0 Å². The van der Waals surface area contributed by atoms with E-state index in [2.05, 4.69) is 10.3 Å². The van der Waals surface area contributed by atoms with Crippen molar-refractivity contribution in [3.63, 3.8) is 0 Å². The molecule has 1 aromatic rings. The Kier molecular flexibility index (Phi) is 3.12. The van der Waals surface area contributed by atoms with Gasteiger partial charge in [0.2, 0.25) is 0 Å². The van der Waals surface area contributed by atoms with E-state index in [-0.39, 0.29) is 5.91 Å². The van der Waals surface area contributed by atoms with Gasteiger partial charge in [-0.05, 0) is 31.9 Å². The third-order valence-electron chi connectivity index (χ3n) is 2.68. The molecule has 4 nitrogen and oxygen atoms in total. The summed E-state index contributed by atoms with van der Waals surface area (Å²) < 4.78 is 5.44. The fraction of sp³-hybridized carbons (Fsp3) is 0.455. The third kappa shape index (κ3) is 2.33. The maximum Gasteiger partial charge on any atom is 0.256 e. The quantitative estimate of drug-likeness (QED) is 0.807. The first-order chi connectivity index (χ1) is 7.60. The molecule has 16 heavy (non-hydrogen) atoms. The standard InChI is InChI=1S/C11H13ClN2O2/c1-11(4-2-6-16-11)10(15)14-8-3-5-13-9(12)7-8/h3,5,7H,2,4,6H2,1H3,(H,13,14,15). The van der Waals surface area contributed by atoms with Crippen molar-refractivity contribution in [3.8, 4) is 0 Å². The fourth-order valence-corrected chi connectivity index (χ4v) is 1.88. The third-order valence-corrected chi connectivity index (χ3v) is 2.89. The summed E-state index contributed by atoms with van der Waals surface area (Å²) in [5.74, 6) is -0.132. The van der Waals surface area contributed by atoms with E-state index in [1.807, 2.05) is 0 Å². The molecule has 1 atom stereocenters. The number of nitrogens with one attached hydrogen (secondary N) is 1. The van der Waals surface area contributed by atoms with Gasteiger partial charge < -0.3 is 10.1 Å². The molecule has 1 aromatic heterocycles. The number of rotatable bonds is 2. The minimum atomic E-state index is -0.713. The molecule has 2 rings (SSSR count). The van der Waals surface area contributed by atoms with Crippen LogP contribution in [0.15, 0.2) is 18.3 Å². The number of hydrogen-bond acceptors (Lipinski definition) is 3. The van der Waals surface area contributed by atoms with Crippen LogP contribution < -0.4 is 5.32 Å². The Morgan fingerprint density at radius 2 is 2.50 bits per heavy atom. The van der Waals surface area contributed by atoms with Gasteiger partial charge in [0, 0.05) is 18.5 Å². The van der Waals surface area contributed by atoms with Crippen LogP contribution in [0.5, 0.6) is 0 Å². The first-order valence-corrected chi connectivity index (χ1v) is 5.55. The number of carbonyl (C=O) groups is 1. The smallest absolute Gasteiger partial charge is 0.256 e. The van der Waals surface area contributed by atoms with Crippen molar-refractivity contribution in [3.05, 3.63) is 23.5 Å². The van der Waals surface area contributed by atoms with E-state index >= 15 is 0 Å². The first-order valence-electron chi connectivity index (χ1n) is 5.17. The van der Waals surface area contributed by atoms with Crippen molar-refractivity contribution in [1.82, 2.24) is 4.98 Å².